The molecule has 2 amide bonds. The van der Waals surface area contributed by atoms with E-state index >= 15 is 0 Å². The number of ether oxygens (including phenoxy) is 2. The summed E-state index contributed by atoms with van der Waals surface area (Å²) in [6.45, 7) is 7.35. The first-order valence-electron chi connectivity index (χ1n) is 11.6. The molecule has 3 rings (SSSR count). The molecule has 3 aromatic carbocycles. The van der Waals surface area contributed by atoms with Crippen molar-refractivity contribution in [3.05, 3.63) is 96.6 Å². The number of nitrogens with one attached hydrogen (secondary N) is 2. The van der Waals surface area contributed by atoms with Crippen molar-refractivity contribution in [1.82, 2.24) is 10.7 Å². The van der Waals surface area contributed by atoms with Gasteiger partial charge in [0.05, 0.1) is 24.1 Å². The van der Waals surface area contributed by atoms with Crippen molar-refractivity contribution in [2.24, 2.45) is 0 Å². The van der Waals surface area contributed by atoms with Gasteiger partial charge >= 0.3 is 6.09 Å². The minimum Gasteiger partial charge on any atom is -0.444 e. The molecule has 0 aliphatic rings. The first-order valence-corrected chi connectivity index (χ1v) is 11.6. The van der Waals surface area contributed by atoms with Crippen molar-refractivity contribution in [3.8, 4) is 0 Å². The van der Waals surface area contributed by atoms with Crippen molar-refractivity contribution in [3.63, 3.8) is 0 Å². The summed E-state index contributed by atoms with van der Waals surface area (Å²) in [4.78, 5) is 26.1. The van der Waals surface area contributed by atoms with E-state index < -0.39 is 29.7 Å². The number of hydrogen-bond acceptors (Lipinski definition) is 5. The van der Waals surface area contributed by atoms with Crippen LogP contribution in [0.5, 0.6) is 0 Å². The van der Waals surface area contributed by atoms with E-state index in [-0.39, 0.29) is 0 Å². The Balaban J connectivity index is 1.82. The summed E-state index contributed by atoms with van der Waals surface area (Å²) in [5.41, 5.74) is 4.73. The van der Waals surface area contributed by atoms with E-state index in [1.165, 1.54) is 0 Å². The first-order chi connectivity index (χ1) is 16.7. The van der Waals surface area contributed by atoms with Gasteiger partial charge in [0.25, 0.3) is 5.91 Å². The molecule has 184 valence electrons. The topological polar surface area (TPSA) is 79.9 Å². The van der Waals surface area contributed by atoms with Gasteiger partial charge in [-0.1, -0.05) is 66.7 Å². The van der Waals surface area contributed by atoms with Gasteiger partial charge in [0.2, 0.25) is 0 Å². The molecule has 0 unspecified atom stereocenters. The van der Waals surface area contributed by atoms with Crippen LogP contribution < -0.4 is 15.8 Å². The summed E-state index contributed by atoms with van der Waals surface area (Å²) in [5, 5.41) is 4.37. The van der Waals surface area contributed by atoms with Crippen LogP contribution in [0.3, 0.4) is 0 Å². The number of carbonyl (C=O) groups is 2. The summed E-state index contributed by atoms with van der Waals surface area (Å²) < 4.78 is 11.4. The Morgan fingerprint density at radius 3 is 1.80 bits per heavy atom. The van der Waals surface area contributed by atoms with Crippen LogP contribution in [0.1, 0.15) is 33.3 Å². The van der Waals surface area contributed by atoms with Crippen molar-refractivity contribution < 1.29 is 19.1 Å². The van der Waals surface area contributed by atoms with E-state index in [4.69, 9.17) is 9.47 Å². The van der Waals surface area contributed by atoms with Gasteiger partial charge in [-0.2, -0.15) is 0 Å². The number of para-hydroxylation sites is 2. The Hall–Kier alpha value is -3.84. The number of hydrogen-bond donors (Lipinski definition) is 2. The van der Waals surface area contributed by atoms with E-state index in [1.54, 1.807) is 32.7 Å². The summed E-state index contributed by atoms with van der Waals surface area (Å²) in [7, 11) is 0. The molecule has 0 fully saturated rings. The molecule has 7 heteroatoms. The smallest absolute Gasteiger partial charge is 0.408 e. The zero-order valence-electron chi connectivity index (χ0n) is 20.6. The highest BCUT2D eigenvalue weighted by molar-refractivity contribution is 5.88. The van der Waals surface area contributed by atoms with Gasteiger partial charge in [0.15, 0.2) is 0 Å². The number of carbonyl (C=O) groups excluding carboxylic acids is 2. The lowest BCUT2D eigenvalue weighted by molar-refractivity contribution is -0.127. The van der Waals surface area contributed by atoms with Crippen LogP contribution in [0.2, 0.25) is 0 Å². The lowest BCUT2D eigenvalue weighted by Gasteiger charge is -2.31. The summed E-state index contributed by atoms with van der Waals surface area (Å²) in [6.07, 6.45) is -1.34. The van der Waals surface area contributed by atoms with Crippen molar-refractivity contribution in [2.75, 3.05) is 5.01 Å². The second kappa shape index (κ2) is 12.0. The summed E-state index contributed by atoms with van der Waals surface area (Å²) in [6, 6.07) is 27.5. The van der Waals surface area contributed by atoms with Gasteiger partial charge in [0, 0.05) is 0 Å². The Labute approximate surface area is 207 Å². The largest absolute Gasteiger partial charge is 0.444 e. The Bertz CT molecular complexity index is 1030. The fourth-order valence-corrected chi connectivity index (χ4v) is 3.34. The summed E-state index contributed by atoms with van der Waals surface area (Å²) in [5.74, 6) is -0.441. The molecular formula is C28H33N3O4. The van der Waals surface area contributed by atoms with E-state index in [2.05, 4.69) is 10.7 Å². The Kier molecular flexibility index (Phi) is 8.86. The summed E-state index contributed by atoms with van der Waals surface area (Å²) >= 11 is 0. The van der Waals surface area contributed by atoms with Gasteiger partial charge in [-0.25, -0.2) is 4.79 Å². The van der Waals surface area contributed by atoms with Crippen LogP contribution in [0, 0.1) is 0 Å². The maximum Gasteiger partial charge on any atom is 0.408 e. The van der Waals surface area contributed by atoms with E-state index in [0.717, 1.165) is 16.9 Å². The Morgan fingerprint density at radius 2 is 1.31 bits per heavy atom. The molecule has 0 spiro atoms. The fraction of sp³-hybridized carbons (Fsp3) is 0.286. The van der Waals surface area contributed by atoms with Gasteiger partial charge in [-0.3, -0.25) is 15.2 Å². The predicted octanol–water partition coefficient (Wildman–Crippen LogP) is 5.35. The minimum atomic E-state index is -1.01. The number of amides is 2. The first kappa shape index (κ1) is 25.8. The van der Waals surface area contributed by atoms with Crippen LogP contribution in [-0.4, -0.2) is 29.7 Å². The lowest BCUT2D eigenvalue weighted by atomic mass is 10.1. The molecule has 0 aliphatic carbocycles. The van der Waals surface area contributed by atoms with Crippen LogP contribution in [-0.2, 0) is 20.9 Å². The van der Waals surface area contributed by atoms with Crippen LogP contribution in [0.15, 0.2) is 91.0 Å². The molecule has 2 atom stereocenters. The van der Waals surface area contributed by atoms with Crippen LogP contribution in [0.4, 0.5) is 16.2 Å². The van der Waals surface area contributed by atoms with Gasteiger partial charge in [-0.05, 0) is 57.5 Å². The Morgan fingerprint density at radius 1 is 0.829 bits per heavy atom. The monoisotopic (exact) mass is 475 g/mol. The van der Waals surface area contributed by atoms with Gasteiger partial charge in [0.1, 0.15) is 11.6 Å². The molecule has 3 aromatic rings. The highest BCUT2D eigenvalue weighted by atomic mass is 16.6. The maximum atomic E-state index is 13.6. The van der Waals surface area contributed by atoms with Crippen molar-refractivity contribution in [2.45, 2.75) is 52.0 Å². The third-order valence-corrected chi connectivity index (χ3v) is 5.03. The number of anilines is 2. The molecule has 2 N–H and O–H groups in total. The van der Waals surface area contributed by atoms with Crippen LogP contribution in [0.25, 0.3) is 0 Å². The molecule has 0 saturated heterocycles. The second-order valence-corrected chi connectivity index (χ2v) is 9.11. The number of alkyl carbamates (subject to hydrolysis) is 1. The second-order valence-electron chi connectivity index (χ2n) is 9.11. The van der Waals surface area contributed by atoms with Crippen molar-refractivity contribution in [1.29, 1.82) is 0 Å². The molecule has 0 saturated carbocycles. The van der Waals surface area contributed by atoms with E-state index in [0.29, 0.717) is 6.61 Å². The number of hydrazine groups is 1. The minimum absolute atomic E-state index is 0.295. The molecule has 0 aliphatic heterocycles. The van der Waals surface area contributed by atoms with E-state index in [9.17, 15) is 9.59 Å². The highest BCUT2D eigenvalue weighted by Crippen LogP contribution is 2.23. The van der Waals surface area contributed by atoms with E-state index in [1.807, 2.05) is 91.0 Å². The zero-order chi connectivity index (χ0) is 25.3. The SMILES string of the molecule is C[C@@H](OCc1ccccc1)[C@H](NC(=O)OC(C)(C)C)C(=O)NN(c1ccccc1)c1ccccc1. The quantitative estimate of drug-likeness (QED) is 0.408. The average Bonchev–Trinajstić information content (AvgIpc) is 2.85. The normalized spacial score (nSPS) is 12.8. The van der Waals surface area contributed by atoms with Crippen molar-refractivity contribution >= 4 is 23.4 Å². The third kappa shape index (κ3) is 8.15. The molecule has 35 heavy (non-hydrogen) atoms. The average molecular weight is 476 g/mol. The maximum absolute atomic E-state index is 13.6. The molecule has 0 heterocycles. The van der Waals surface area contributed by atoms with Gasteiger partial charge < -0.3 is 14.8 Å². The predicted molar refractivity (Wildman–Crippen MR) is 137 cm³/mol. The number of rotatable bonds is 9. The highest BCUT2D eigenvalue weighted by Gasteiger charge is 2.31. The lowest BCUT2D eigenvalue weighted by Crippen LogP contribution is -2.56. The standard InChI is InChI=1S/C28H33N3O4/c1-21(34-20-22-14-8-5-9-15-22)25(29-27(33)35-28(2,3)4)26(32)30-31(23-16-10-6-11-17-23)24-18-12-7-13-19-24/h5-19,21,25H,20H2,1-4H3,(H,29,33)(H,30,32)/t21-,25+/m1/s1. The fourth-order valence-electron chi connectivity index (χ4n) is 3.34. The number of nitrogens with zero attached hydrogens (tertiary/aromatic N) is 1. The molecule has 0 bridgehead atoms. The molecular weight excluding hydrogens is 442 g/mol. The van der Waals surface area contributed by atoms with Crippen LogP contribution >= 0.6 is 0 Å². The molecule has 0 aromatic heterocycles. The third-order valence-electron chi connectivity index (χ3n) is 5.03. The molecule has 7 nitrogen and oxygen atoms in total. The zero-order valence-corrected chi connectivity index (χ0v) is 20.6. The molecule has 0 radical (unpaired) electrons. The number of benzene rings is 3. The van der Waals surface area contributed by atoms with Gasteiger partial charge in [-0.15, -0.1) is 0 Å².